The Labute approximate surface area is 196 Å². The summed E-state index contributed by atoms with van der Waals surface area (Å²) >= 11 is 0. The molecule has 1 saturated heterocycles. The van der Waals surface area contributed by atoms with Gasteiger partial charge in [-0.05, 0) is 49.2 Å². The number of hydrogen-bond acceptors (Lipinski definition) is 4. The second-order valence-corrected chi connectivity index (χ2v) is 10.7. The summed E-state index contributed by atoms with van der Waals surface area (Å²) in [4.78, 5) is 13.8. The summed E-state index contributed by atoms with van der Waals surface area (Å²) in [5, 5.41) is 37.0. The first-order valence-electron chi connectivity index (χ1n) is 12.1. The quantitative estimate of drug-likeness (QED) is 0.520. The van der Waals surface area contributed by atoms with E-state index in [9.17, 15) is 20.1 Å². The number of aliphatic hydroxyl groups excluding tert-OH is 2. The van der Waals surface area contributed by atoms with Crippen molar-refractivity contribution in [3.63, 3.8) is 0 Å². The molecule has 1 aromatic carbocycles. The van der Waals surface area contributed by atoms with Crippen molar-refractivity contribution >= 4 is 5.91 Å². The summed E-state index contributed by atoms with van der Waals surface area (Å²) in [6.07, 6.45) is 6.88. The molecule has 5 nitrogen and oxygen atoms in total. The first-order valence-corrected chi connectivity index (χ1v) is 12.1. The molecule has 1 heterocycles. The van der Waals surface area contributed by atoms with Crippen molar-refractivity contribution < 1.29 is 20.1 Å². The molecule has 0 radical (unpaired) electrons. The predicted molar refractivity (Wildman–Crippen MR) is 129 cm³/mol. The smallest absolute Gasteiger partial charge is 0.230 e. The van der Waals surface area contributed by atoms with Gasteiger partial charge in [-0.1, -0.05) is 75.1 Å². The number of aliphatic hydroxyl groups is 3. The van der Waals surface area contributed by atoms with Crippen LogP contribution < -0.4 is 5.32 Å². The minimum Gasteiger partial charge on any atom is -0.388 e. The molecule has 0 bridgehead atoms. The van der Waals surface area contributed by atoms with Crippen LogP contribution in [0.3, 0.4) is 0 Å². The molecule has 4 rings (SSSR count). The molecule has 1 amide bonds. The molecule has 0 unspecified atom stereocenters. The monoisotopic (exact) mass is 451 g/mol. The van der Waals surface area contributed by atoms with Gasteiger partial charge in [0.25, 0.3) is 0 Å². The first kappa shape index (κ1) is 23.9. The fourth-order valence-corrected chi connectivity index (χ4v) is 6.61. The highest BCUT2D eigenvalue weighted by Gasteiger charge is 2.67. The summed E-state index contributed by atoms with van der Waals surface area (Å²) in [6.45, 7) is 10.00. The Bertz CT molecular complexity index is 952. The summed E-state index contributed by atoms with van der Waals surface area (Å²) in [6, 6.07) is 9.80. The van der Waals surface area contributed by atoms with E-state index >= 15 is 0 Å². The Balaban J connectivity index is 1.85. The molecule has 0 aromatic heterocycles. The molecule has 2 fully saturated rings. The number of amides is 1. The zero-order valence-electron chi connectivity index (χ0n) is 19.8. The minimum atomic E-state index is -1.25. The van der Waals surface area contributed by atoms with Gasteiger partial charge in [-0.2, -0.15) is 0 Å². The average Bonchev–Trinajstić information content (AvgIpc) is 3.04. The second kappa shape index (κ2) is 8.86. The van der Waals surface area contributed by atoms with Crippen molar-refractivity contribution in [3.05, 3.63) is 72.4 Å². The third-order valence-corrected chi connectivity index (χ3v) is 8.16. The van der Waals surface area contributed by atoms with E-state index in [-0.39, 0.29) is 29.7 Å². The maximum absolute atomic E-state index is 13.8. The molecule has 2 aliphatic carbocycles. The number of nitrogens with one attached hydrogen (secondary N) is 1. The maximum atomic E-state index is 13.8. The Morgan fingerprint density at radius 2 is 1.85 bits per heavy atom. The number of allylic oxidation sites excluding steroid dienone is 1. The molecule has 3 aliphatic rings. The van der Waals surface area contributed by atoms with E-state index < -0.39 is 29.1 Å². The lowest BCUT2D eigenvalue weighted by Crippen LogP contribution is -2.59. The van der Waals surface area contributed by atoms with Crippen molar-refractivity contribution in [2.24, 2.45) is 29.1 Å². The number of carbonyl (C=O) groups excluding carboxylic acids is 1. The number of benzene rings is 1. The summed E-state index contributed by atoms with van der Waals surface area (Å²) in [5.74, 6) is -1.09. The second-order valence-electron chi connectivity index (χ2n) is 10.7. The lowest BCUT2D eigenvalue weighted by molar-refractivity contribution is -0.147. The number of hydrogen-bond donors (Lipinski definition) is 4. The van der Waals surface area contributed by atoms with Crippen LogP contribution in [0.15, 0.2) is 66.8 Å². The average molecular weight is 452 g/mol. The van der Waals surface area contributed by atoms with Crippen molar-refractivity contribution in [2.45, 2.75) is 63.9 Å². The van der Waals surface area contributed by atoms with Gasteiger partial charge in [0, 0.05) is 17.9 Å². The third kappa shape index (κ3) is 4.11. The molecule has 1 aromatic rings. The van der Waals surface area contributed by atoms with Crippen LogP contribution in [-0.4, -0.2) is 45.1 Å². The highest BCUT2D eigenvalue weighted by molar-refractivity contribution is 5.88. The summed E-state index contributed by atoms with van der Waals surface area (Å²) in [5.41, 5.74) is -0.544. The Morgan fingerprint density at radius 3 is 2.55 bits per heavy atom. The van der Waals surface area contributed by atoms with Gasteiger partial charge >= 0.3 is 0 Å². The van der Waals surface area contributed by atoms with Crippen molar-refractivity contribution in [1.29, 1.82) is 0 Å². The van der Waals surface area contributed by atoms with Crippen LogP contribution in [-0.2, 0) is 11.2 Å². The topological polar surface area (TPSA) is 89.8 Å². The Morgan fingerprint density at radius 1 is 1.15 bits per heavy atom. The molecule has 1 aliphatic heterocycles. The van der Waals surface area contributed by atoms with Gasteiger partial charge in [-0.15, -0.1) is 0 Å². The van der Waals surface area contributed by atoms with Gasteiger partial charge in [-0.3, -0.25) is 4.79 Å². The highest BCUT2D eigenvalue weighted by Crippen LogP contribution is 2.57. The standard InChI is InChI=1S/C28H37NO4/c1-17-9-8-12-21-25(31)19(3)18(2)24-22(15-20-10-6-5-7-11-20)29-26(32)28(21,24)23(30)13-14-27(4,33)16-17/h5-8,10-14,17-18,21-25,30-31,33H,3,9,15-16H2,1-2,4H3,(H,29,32)/b12-8+,14-13?/t17-,18+,21-,22-,23+,24-,25+,27-,28-/m0/s1. The van der Waals surface area contributed by atoms with Crippen LogP contribution in [0.2, 0.25) is 0 Å². The lowest BCUT2D eigenvalue weighted by Gasteiger charge is -2.51. The van der Waals surface area contributed by atoms with Crippen molar-refractivity contribution in [1.82, 2.24) is 5.32 Å². The van der Waals surface area contributed by atoms with E-state index in [1.165, 1.54) is 0 Å². The van der Waals surface area contributed by atoms with Gasteiger partial charge in [0.2, 0.25) is 5.91 Å². The molecule has 1 saturated carbocycles. The molecule has 178 valence electrons. The molecular formula is C28H37NO4. The van der Waals surface area contributed by atoms with Crippen LogP contribution in [0.5, 0.6) is 0 Å². The van der Waals surface area contributed by atoms with E-state index in [0.29, 0.717) is 24.8 Å². The van der Waals surface area contributed by atoms with Gasteiger partial charge in [0.1, 0.15) is 0 Å². The van der Waals surface area contributed by atoms with Crippen molar-refractivity contribution in [3.8, 4) is 0 Å². The fourth-order valence-electron chi connectivity index (χ4n) is 6.61. The fraction of sp³-hybridized carbons (Fsp3) is 0.536. The van der Waals surface area contributed by atoms with Crippen LogP contribution in [0.25, 0.3) is 0 Å². The maximum Gasteiger partial charge on any atom is 0.230 e. The van der Waals surface area contributed by atoms with Crippen molar-refractivity contribution in [2.75, 3.05) is 0 Å². The van der Waals surface area contributed by atoms with E-state index in [1.54, 1.807) is 19.1 Å². The van der Waals surface area contributed by atoms with Gasteiger partial charge in [-0.25, -0.2) is 0 Å². The minimum absolute atomic E-state index is 0.176. The van der Waals surface area contributed by atoms with Crippen LogP contribution in [0.1, 0.15) is 39.2 Å². The highest BCUT2D eigenvalue weighted by atomic mass is 16.3. The normalized spacial score (nSPS) is 44.4. The van der Waals surface area contributed by atoms with E-state index in [0.717, 1.165) is 5.56 Å². The molecule has 4 N–H and O–H groups in total. The SMILES string of the molecule is C=C1[C@@H](C)[C@H]2[C@H](Cc3ccccc3)NC(=O)[C@@]23[C@H](O)C=C[C@](C)(O)C[C@@H](C)C/C=C/[C@H]3[C@@H]1O. The number of rotatable bonds is 2. The van der Waals surface area contributed by atoms with E-state index in [4.69, 9.17) is 0 Å². The van der Waals surface area contributed by atoms with Gasteiger partial charge in [0.15, 0.2) is 0 Å². The molecule has 1 spiro atoms. The van der Waals surface area contributed by atoms with Crippen LogP contribution in [0.4, 0.5) is 0 Å². The molecule has 33 heavy (non-hydrogen) atoms. The van der Waals surface area contributed by atoms with E-state index in [2.05, 4.69) is 18.8 Å². The third-order valence-electron chi connectivity index (χ3n) is 8.16. The molecule has 9 atom stereocenters. The van der Waals surface area contributed by atoms with E-state index in [1.807, 2.05) is 49.4 Å². The van der Waals surface area contributed by atoms with Gasteiger partial charge < -0.3 is 20.6 Å². The van der Waals surface area contributed by atoms with Gasteiger partial charge in [0.05, 0.1) is 23.2 Å². The lowest BCUT2D eigenvalue weighted by atomic mass is 9.51. The number of carbonyl (C=O) groups is 1. The molecule has 5 heteroatoms. The zero-order chi connectivity index (χ0) is 24.0. The molecular weight excluding hydrogens is 414 g/mol. The van der Waals surface area contributed by atoms with Crippen LogP contribution >= 0.6 is 0 Å². The predicted octanol–water partition coefficient (Wildman–Crippen LogP) is 3.17. The summed E-state index contributed by atoms with van der Waals surface area (Å²) in [7, 11) is 0. The van der Waals surface area contributed by atoms with Crippen LogP contribution in [0, 0.1) is 29.1 Å². The zero-order valence-corrected chi connectivity index (χ0v) is 19.8. The largest absolute Gasteiger partial charge is 0.388 e. The summed E-state index contributed by atoms with van der Waals surface area (Å²) < 4.78 is 0. The Hall–Kier alpha value is -2.21. The Kier molecular flexibility index (Phi) is 6.43. The first-order chi connectivity index (χ1) is 15.6.